The SMILES string of the molecule is CC1(C)c2cc(N(c3ccccc3)c3ccc4ccccc4c3)ccc2-c2ccc(-n3ccc4ccccc43)cc21. The number of benzene rings is 6. The van der Waals surface area contributed by atoms with Gasteiger partial charge in [-0.2, -0.15) is 0 Å². The molecule has 0 saturated carbocycles. The van der Waals surface area contributed by atoms with E-state index in [1.165, 1.54) is 55.3 Å². The molecule has 8 rings (SSSR count). The number of para-hydroxylation sites is 2. The molecule has 0 saturated heterocycles. The first-order chi connectivity index (χ1) is 20.1. The van der Waals surface area contributed by atoms with Crippen molar-refractivity contribution in [3.8, 4) is 16.8 Å². The molecule has 7 aromatic rings. The zero-order chi connectivity index (χ0) is 27.6. The Morgan fingerprint density at radius 2 is 1.12 bits per heavy atom. The van der Waals surface area contributed by atoms with E-state index >= 15 is 0 Å². The summed E-state index contributed by atoms with van der Waals surface area (Å²) in [6.07, 6.45) is 2.18. The second-order valence-corrected chi connectivity index (χ2v) is 11.5. The summed E-state index contributed by atoms with van der Waals surface area (Å²) in [6.45, 7) is 4.73. The Labute approximate surface area is 240 Å². The van der Waals surface area contributed by atoms with Crippen LogP contribution in [0.1, 0.15) is 25.0 Å². The average molecular weight is 527 g/mol. The molecule has 1 aromatic heterocycles. The lowest BCUT2D eigenvalue weighted by Gasteiger charge is -2.28. The molecule has 0 amide bonds. The quantitative estimate of drug-likeness (QED) is 0.221. The third kappa shape index (κ3) is 3.72. The Bertz CT molecular complexity index is 2080. The molecule has 41 heavy (non-hydrogen) atoms. The lowest BCUT2D eigenvalue weighted by molar-refractivity contribution is 0.660. The normalized spacial score (nSPS) is 13.3. The predicted molar refractivity (Wildman–Crippen MR) is 173 cm³/mol. The minimum atomic E-state index is -0.134. The van der Waals surface area contributed by atoms with Crippen LogP contribution in [-0.2, 0) is 5.41 Å². The Morgan fingerprint density at radius 3 is 1.95 bits per heavy atom. The van der Waals surface area contributed by atoms with Gasteiger partial charge in [-0.3, -0.25) is 0 Å². The summed E-state index contributed by atoms with van der Waals surface area (Å²) < 4.78 is 2.30. The summed E-state index contributed by atoms with van der Waals surface area (Å²) in [5.41, 5.74) is 11.2. The number of hydrogen-bond donors (Lipinski definition) is 0. The summed E-state index contributed by atoms with van der Waals surface area (Å²) in [4.78, 5) is 2.38. The monoisotopic (exact) mass is 526 g/mol. The number of hydrogen-bond acceptors (Lipinski definition) is 1. The highest BCUT2D eigenvalue weighted by atomic mass is 15.1. The number of fused-ring (bicyclic) bond motifs is 5. The van der Waals surface area contributed by atoms with E-state index in [9.17, 15) is 0 Å². The van der Waals surface area contributed by atoms with Gasteiger partial charge in [-0.05, 0) is 99.1 Å². The summed E-state index contributed by atoms with van der Waals surface area (Å²) in [5, 5.41) is 3.75. The zero-order valence-electron chi connectivity index (χ0n) is 23.3. The largest absolute Gasteiger partial charge is 0.317 e. The van der Waals surface area contributed by atoms with Crippen molar-refractivity contribution in [1.29, 1.82) is 0 Å². The van der Waals surface area contributed by atoms with Gasteiger partial charge in [0.25, 0.3) is 0 Å². The van der Waals surface area contributed by atoms with Gasteiger partial charge < -0.3 is 9.47 Å². The van der Waals surface area contributed by atoms with Crippen molar-refractivity contribution in [3.05, 3.63) is 157 Å². The maximum Gasteiger partial charge on any atom is 0.0528 e. The van der Waals surface area contributed by atoms with E-state index < -0.39 is 0 Å². The molecule has 2 nitrogen and oxygen atoms in total. The van der Waals surface area contributed by atoms with Crippen LogP contribution in [0.15, 0.2) is 146 Å². The third-order valence-corrected chi connectivity index (χ3v) is 8.78. The Morgan fingerprint density at radius 1 is 0.488 bits per heavy atom. The number of rotatable bonds is 4. The number of anilines is 3. The molecule has 0 N–H and O–H groups in total. The first kappa shape index (κ1) is 23.8. The fourth-order valence-corrected chi connectivity index (χ4v) is 6.65. The van der Waals surface area contributed by atoms with Crippen LogP contribution in [0.3, 0.4) is 0 Å². The molecule has 1 heterocycles. The number of nitrogens with zero attached hydrogens (tertiary/aromatic N) is 2. The average Bonchev–Trinajstić information content (AvgIpc) is 3.54. The predicted octanol–water partition coefficient (Wildman–Crippen LogP) is 10.6. The van der Waals surface area contributed by atoms with Crippen molar-refractivity contribution in [1.82, 2.24) is 4.57 Å². The lowest BCUT2D eigenvalue weighted by atomic mass is 9.82. The molecule has 1 aliphatic carbocycles. The minimum Gasteiger partial charge on any atom is -0.317 e. The highest BCUT2D eigenvalue weighted by molar-refractivity contribution is 5.91. The van der Waals surface area contributed by atoms with Gasteiger partial charge in [0, 0.05) is 34.4 Å². The molecule has 0 spiro atoms. The molecule has 6 aromatic carbocycles. The fourth-order valence-electron chi connectivity index (χ4n) is 6.65. The minimum absolute atomic E-state index is 0.134. The van der Waals surface area contributed by atoms with Crippen molar-refractivity contribution >= 4 is 38.7 Å². The van der Waals surface area contributed by atoms with Crippen LogP contribution in [0.4, 0.5) is 17.1 Å². The zero-order valence-corrected chi connectivity index (χ0v) is 23.3. The van der Waals surface area contributed by atoms with Gasteiger partial charge in [0.1, 0.15) is 0 Å². The van der Waals surface area contributed by atoms with E-state index in [-0.39, 0.29) is 5.41 Å². The van der Waals surface area contributed by atoms with Gasteiger partial charge in [-0.25, -0.2) is 0 Å². The van der Waals surface area contributed by atoms with E-state index in [1.807, 2.05) is 0 Å². The Balaban J connectivity index is 1.26. The second-order valence-electron chi connectivity index (χ2n) is 11.5. The van der Waals surface area contributed by atoms with Crippen molar-refractivity contribution in [2.24, 2.45) is 0 Å². The maximum atomic E-state index is 2.41. The summed E-state index contributed by atoms with van der Waals surface area (Å²) >= 11 is 0. The molecule has 0 bridgehead atoms. The van der Waals surface area contributed by atoms with Crippen LogP contribution in [0, 0.1) is 0 Å². The molecular weight excluding hydrogens is 496 g/mol. The molecule has 2 heteroatoms. The van der Waals surface area contributed by atoms with Gasteiger partial charge in [-0.1, -0.05) is 92.7 Å². The van der Waals surface area contributed by atoms with Crippen molar-refractivity contribution in [2.45, 2.75) is 19.3 Å². The molecule has 0 aliphatic heterocycles. The highest BCUT2D eigenvalue weighted by Crippen LogP contribution is 2.51. The molecule has 0 atom stereocenters. The van der Waals surface area contributed by atoms with Gasteiger partial charge in [0.2, 0.25) is 0 Å². The van der Waals surface area contributed by atoms with Crippen LogP contribution in [0.2, 0.25) is 0 Å². The molecule has 0 radical (unpaired) electrons. The first-order valence-electron chi connectivity index (χ1n) is 14.3. The van der Waals surface area contributed by atoms with Crippen molar-refractivity contribution in [3.63, 3.8) is 0 Å². The Hall–Kier alpha value is -5.08. The fraction of sp³-hybridized carbons (Fsp3) is 0.0769. The molecule has 1 aliphatic rings. The first-order valence-corrected chi connectivity index (χ1v) is 14.3. The van der Waals surface area contributed by atoms with E-state index in [2.05, 4.69) is 169 Å². The van der Waals surface area contributed by atoms with Crippen LogP contribution in [0.5, 0.6) is 0 Å². The summed E-state index contributed by atoms with van der Waals surface area (Å²) in [7, 11) is 0. The highest BCUT2D eigenvalue weighted by Gasteiger charge is 2.36. The van der Waals surface area contributed by atoms with E-state index in [0.717, 1.165) is 11.4 Å². The second kappa shape index (κ2) is 8.97. The molecule has 0 unspecified atom stereocenters. The van der Waals surface area contributed by atoms with Crippen LogP contribution in [0.25, 0.3) is 38.5 Å². The van der Waals surface area contributed by atoms with Crippen molar-refractivity contribution in [2.75, 3.05) is 4.90 Å². The van der Waals surface area contributed by atoms with Crippen LogP contribution >= 0.6 is 0 Å². The van der Waals surface area contributed by atoms with E-state index in [4.69, 9.17) is 0 Å². The Kier molecular flexibility index (Phi) is 5.20. The standard InChI is InChI=1S/C39H30N2/c1-39(2)36-25-31(40-23-22-28-11-8-9-15-38(28)40)18-20-34(36)35-21-19-33(26-37(35)39)41(30-13-4-3-5-14-30)32-17-16-27-10-6-7-12-29(27)24-32/h3-26H,1-2H3. The van der Waals surface area contributed by atoms with Gasteiger partial charge >= 0.3 is 0 Å². The smallest absolute Gasteiger partial charge is 0.0528 e. The third-order valence-electron chi connectivity index (χ3n) is 8.78. The van der Waals surface area contributed by atoms with Gasteiger partial charge in [0.15, 0.2) is 0 Å². The summed E-state index contributed by atoms with van der Waals surface area (Å²) in [6, 6.07) is 50.7. The van der Waals surface area contributed by atoms with Crippen LogP contribution < -0.4 is 4.90 Å². The van der Waals surface area contributed by atoms with Crippen LogP contribution in [-0.4, -0.2) is 4.57 Å². The molecule has 0 fully saturated rings. The topological polar surface area (TPSA) is 8.17 Å². The van der Waals surface area contributed by atoms with E-state index in [1.54, 1.807) is 0 Å². The van der Waals surface area contributed by atoms with Crippen molar-refractivity contribution < 1.29 is 0 Å². The van der Waals surface area contributed by atoms with Gasteiger partial charge in [0.05, 0.1) is 5.52 Å². The maximum absolute atomic E-state index is 2.41. The molecule has 196 valence electrons. The van der Waals surface area contributed by atoms with E-state index in [0.29, 0.717) is 0 Å². The number of aromatic nitrogens is 1. The summed E-state index contributed by atoms with van der Waals surface area (Å²) in [5.74, 6) is 0. The lowest BCUT2D eigenvalue weighted by Crippen LogP contribution is -2.17. The molecular formula is C39H30N2. The van der Waals surface area contributed by atoms with Gasteiger partial charge in [-0.15, -0.1) is 0 Å².